The molecular formula is C25H23F3N2O4S2. The van der Waals surface area contributed by atoms with Crippen molar-refractivity contribution in [3.8, 4) is 5.75 Å². The van der Waals surface area contributed by atoms with Gasteiger partial charge in [0.25, 0.3) is 0 Å². The van der Waals surface area contributed by atoms with Gasteiger partial charge in [0.05, 0.1) is 34.5 Å². The molecule has 11 heteroatoms. The first kappa shape index (κ1) is 24.9. The average molecular weight is 537 g/mol. The van der Waals surface area contributed by atoms with E-state index in [0.29, 0.717) is 19.3 Å². The number of benzene rings is 3. The first-order valence-corrected chi connectivity index (χ1v) is 13.6. The Morgan fingerprint density at radius 1 is 0.917 bits per heavy atom. The molecule has 0 amide bonds. The second-order valence-corrected chi connectivity index (χ2v) is 11.4. The zero-order valence-corrected chi connectivity index (χ0v) is 20.5. The van der Waals surface area contributed by atoms with Crippen LogP contribution in [0.4, 0.5) is 24.5 Å². The standard InChI is InChI=1S/C25H23F3N2O4S2/c26-25(27,28)34-16-12-14-17(15-13-16)36(32,33)29-18-6-5-9-21(24(18)31)30-19-7-1-3-10-22(19)35-23-11-4-2-8-20(23)30/h1-4,7-8,10-15,18,21,24,29,31H,5-6,9H2/t18-,21+,24+/m1/s1. The van der Waals surface area contributed by atoms with E-state index in [2.05, 4.69) is 14.4 Å². The highest BCUT2D eigenvalue weighted by atomic mass is 32.2. The van der Waals surface area contributed by atoms with Crippen LogP contribution in [0, 0.1) is 0 Å². The molecule has 0 bridgehead atoms. The maximum absolute atomic E-state index is 13.0. The van der Waals surface area contributed by atoms with Crippen LogP contribution >= 0.6 is 11.8 Å². The van der Waals surface area contributed by atoms with Gasteiger partial charge in [0.1, 0.15) is 5.75 Å². The summed E-state index contributed by atoms with van der Waals surface area (Å²) in [4.78, 5) is 3.98. The lowest BCUT2D eigenvalue weighted by atomic mass is 9.87. The van der Waals surface area contributed by atoms with Gasteiger partial charge in [-0.25, -0.2) is 13.1 Å². The Kier molecular flexibility index (Phi) is 6.67. The third kappa shape index (κ3) is 5.06. The number of para-hydroxylation sites is 2. The minimum atomic E-state index is -4.87. The van der Waals surface area contributed by atoms with Crippen molar-refractivity contribution in [1.29, 1.82) is 0 Å². The fourth-order valence-corrected chi connectivity index (χ4v) is 7.10. The first-order chi connectivity index (χ1) is 17.1. The molecule has 3 aromatic carbocycles. The van der Waals surface area contributed by atoms with E-state index in [1.807, 2.05) is 48.5 Å². The smallest absolute Gasteiger partial charge is 0.406 e. The van der Waals surface area contributed by atoms with Gasteiger partial charge in [0.15, 0.2) is 0 Å². The molecule has 0 radical (unpaired) electrons. The molecule has 6 nitrogen and oxygen atoms in total. The minimum absolute atomic E-state index is 0.212. The van der Waals surface area contributed by atoms with Crippen molar-refractivity contribution >= 4 is 33.2 Å². The number of hydrogen-bond acceptors (Lipinski definition) is 6. The lowest BCUT2D eigenvalue weighted by molar-refractivity contribution is -0.274. The number of anilines is 2. The molecule has 1 fully saturated rings. The van der Waals surface area contributed by atoms with E-state index in [0.717, 1.165) is 45.4 Å². The van der Waals surface area contributed by atoms with Crippen LogP contribution in [0.3, 0.4) is 0 Å². The number of fused-ring (bicyclic) bond motifs is 2. The Balaban J connectivity index is 1.39. The Labute approximate surface area is 211 Å². The van der Waals surface area contributed by atoms with Crippen LogP contribution < -0.4 is 14.4 Å². The molecule has 3 aromatic rings. The normalized spacial score (nSPS) is 22.0. The molecule has 0 saturated heterocycles. The maximum Gasteiger partial charge on any atom is 0.573 e. The average Bonchev–Trinajstić information content (AvgIpc) is 2.83. The van der Waals surface area contributed by atoms with Crippen LogP contribution in [0.15, 0.2) is 87.5 Å². The molecule has 3 atom stereocenters. The number of nitrogens with zero attached hydrogens (tertiary/aromatic N) is 1. The van der Waals surface area contributed by atoms with Crippen LogP contribution in [-0.4, -0.2) is 38.1 Å². The van der Waals surface area contributed by atoms with E-state index in [1.165, 1.54) is 0 Å². The van der Waals surface area contributed by atoms with E-state index in [1.54, 1.807) is 11.8 Å². The Bertz CT molecular complexity index is 1300. The van der Waals surface area contributed by atoms with Crippen LogP contribution in [0.2, 0.25) is 0 Å². The summed E-state index contributed by atoms with van der Waals surface area (Å²) in [6.45, 7) is 0. The predicted molar refractivity (Wildman–Crippen MR) is 130 cm³/mol. The number of rotatable bonds is 5. The highest BCUT2D eigenvalue weighted by molar-refractivity contribution is 7.99. The monoisotopic (exact) mass is 536 g/mol. The topological polar surface area (TPSA) is 78.9 Å². The highest BCUT2D eigenvalue weighted by Crippen LogP contribution is 2.50. The van der Waals surface area contributed by atoms with Gasteiger partial charge in [-0.2, -0.15) is 0 Å². The van der Waals surface area contributed by atoms with Gasteiger partial charge in [0.2, 0.25) is 10.0 Å². The van der Waals surface area contributed by atoms with Crippen molar-refractivity contribution in [2.24, 2.45) is 0 Å². The zero-order chi connectivity index (χ0) is 25.5. The molecular weight excluding hydrogens is 513 g/mol. The molecule has 1 aliphatic carbocycles. The third-order valence-electron chi connectivity index (χ3n) is 6.30. The summed E-state index contributed by atoms with van der Waals surface area (Å²) in [6.07, 6.45) is -4.12. The fourth-order valence-electron chi connectivity index (χ4n) is 4.75. The quantitative estimate of drug-likeness (QED) is 0.452. The Morgan fingerprint density at radius 2 is 1.50 bits per heavy atom. The lowest BCUT2D eigenvalue weighted by Crippen LogP contribution is -2.56. The molecule has 1 heterocycles. The van der Waals surface area contributed by atoms with Gasteiger partial charge in [-0.05, 0) is 67.8 Å². The molecule has 0 spiro atoms. The SMILES string of the molecule is O=S(=O)(N[C@@H]1CCC[C@H](N2c3ccccc3Sc3ccccc32)[C@H]1O)c1ccc(OC(F)(F)F)cc1. The number of aliphatic hydroxyl groups excluding tert-OH is 1. The maximum atomic E-state index is 13.0. The van der Waals surface area contributed by atoms with Crippen molar-refractivity contribution in [3.63, 3.8) is 0 Å². The summed E-state index contributed by atoms with van der Waals surface area (Å²) in [5.74, 6) is -0.514. The van der Waals surface area contributed by atoms with Crippen LogP contribution in [0.1, 0.15) is 19.3 Å². The molecule has 1 aliphatic heterocycles. The van der Waals surface area contributed by atoms with Crippen LogP contribution in [0.5, 0.6) is 5.75 Å². The van der Waals surface area contributed by atoms with E-state index in [4.69, 9.17) is 0 Å². The highest BCUT2D eigenvalue weighted by Gasteiger charge is 2.40. The zero-order valence-electron chi connectivity index (χ0n) is 18.9. The van der Waals surface area contributed by atoms with Crippen molar-refractivity contribution in [2.45, 2.75) is 58.5 Å². The van der Waals surface area contributed by atoms with Gasteiger partial charge in [-0.1, -0.05) is 36.0 Å². The van der Waals surface area contributed by atoms with Gasteiger partial charge >= 0.3 is 6.36 Å². The number of alkyl halides is 3. The van der Waals surface area contributed by atoms with Gasteiger partial charge in [-0.3, -0.25) is 0 Å². The van der Waals surface area contributed by atoms with Crippen molar-refractivity contribution in [1.82, 2.24) is 4.72 Å². The molecule has 2 N–H and O–H groups in total. The first-order valence-electron chi connectivity index (χ1n) is 11.3. The molecule has 5 rings (SSSR count). The largest absolute Gasteiger partial charge is 0.573 e. The second-order valence-electron chi connectivity index (χ2n) is 8.64. The molecule has 1 saturated carbocycles. The molecule has 36 heavy (non-hydrogen) atoms. The lowest BCUT2D eigenvalue weighted by Gasteiger charge is -2.45. The van der Waals surface area contributed by atoms with Crippen LogP contribution in [-0.2, 0) is 10.0 Å². The second kappa shape index (κ2) is 9.62. The van der Waals surface area contributed by atoms with Crippen molar-refractivity contribution in [2.75, 3.05) is 4.90 Å². The minimum Gasteiger partial charge on any atom is -0.406 e. The number of sulfonamides is 1. The Hall–Kier alpha value is -2.73. The Morgan fingerprint density at radius 3 is 2.08 bits per heavy atom. The van der Waals surface area contributed by atoms with Gasteiger partial charge in [0, 0.05) is 9.79 Å². The van der Waals surface area contributed by atoms with Crippen LogP contribution in [0.25, 0.3) is 0 Å². The summed E-state index contributed by atoms with van der Waals surface area (Å²) in [7, 11) is -4.10. The summed E-state index contributed by atoms with van der Waals surface area (Å²) in [6, 6.07) is 18.6. The number of hydrogen-bond donors (Lipinski definition) is 2. The number of ether oxygens (including phenoxy) is 1. The predicted octanol–water partition coefficient (Wildman–Crippen LogP) is 5.45. The molecule has 0 aromatic heterocycles. The summed E-state index contributed by atoms with van der Waals surface area (Å²) >= 11 is 1.65. The number of aliphatic hydroxyl groups is 1. The van der Waals surface area contributed by atoms with E-state index in [-0.39, 0.29) is 10.9 Å². The van der Waals surface area contributed by atoms with Gasteiger partial charge in [-0.15, -0.1) is 13.2 Å². The summed E-state index contributed by atoms with van der Waals surface area (Å²) < 4.78 is 69.7. The van der Waals surface area contributed by atoms with E-state index < -0.39 is 34.3 Å². The van der Waals surface area contributed by atoms with E-state index >= 15 is 0 Å². The van der Waals surface area contributed by atoms with E-state index in [9.17, 15) is 26.7 Å². The molecule has 190 valence electrons. The van der Waals surface area contributed by atoms with Crippen molar-refractivity contribution < 1.29 is 31.4 Å². The van der Waals surface area contributed by atoms with Crippen molar-refractivity contribution in [3.05, 3.63) is 72.8 Å². The number of nitrogens with one attached hydrogen (secondary N) is 1. The fraction of sp³-hybridized carbons (Fsp3) is 0.280. The molecule has 0 unspecified atom stereocenters. The number of halogens is 3. The molecule has 2 aliphatic rings. The summed E-state index contributed by atoms with van der Waals surface area (Å²) in [5, 5.41) is 11.4. The summed E-state index contributed by atoms with van der Waals surface area (Å²) in [5.41, 5.74) is 1.91. The van der Waals surface area contributed by atoms with Gasteiger partial charge < -0.3 is 14.7 Å². The third-order valence-corrected chi connectivity index (χ3v) is 8.93.